The Morgan fingerprint density at radius 2 is 1.56 bits per heavy atom. The van der Waals surface area contributed by atoms with Crippen molar-refractivity contribution in [2.45, 2.75) is 31.0 Å². The Bertz CT molecular complexity index is 1260. The smallest absolute Gasteiger partial charge is 0.418 e. The molecule has 0 fully saturated rings. The van der Waals surface area contributed by atoms with Crippen LogP contribution in [0.25, 0.3) is 0 Å². The van der Waals surface area contributed by atoms with E-state index in [1.54, 1.807) is 12.1 Å². The molecule has 10 heteroatoms. The van der Waals surface area contributed by atoms with Crippen molar-refractivity contribution in [2.24, 2.45) is 0 Å². The lowest BCUT2D eigenvalue weighted by Gasteiger charge is -2.21. The minimum atomic E-state index is -4.62. The van der Waals surface area contributed by atoms with E-state index in [-0.39, 0.29) is 16.3 Å². The molecule has 1 atom stereocenters. The van der Waals surface area contributed by atoms with E-state index >= 15 is 0 Å². The summed E-state index contributed by atoms with van der Waals surface area (Å²) in [5, 5.41) is 2.24. The van der Waals surface area contributed by atoms with Gasteiger partial charge < -0.3 is 10.1 Å². The summed E-state index contributed by atoms with van der Waals surface area (Å²) in [5.41, 5.74) is -0.0289. The number of aryl methyl sites for hydroxylation is 1. The number of carbonyl (C=O) groups excluding carboxylic acids is 1. The van der Waals surface area contributed by atoms with Gasteiger partial charge in [-0.05, 0) is 62.4 Å². The van der Waals surface area contributed by atoms with E-state index in [9.17, 15) is 26.4 Å². The van der Waals surface area contributed by atoms with Gasteiger partial charge in [0.25, 0.3) is 15.9 Å². The number of ether oxygens (including phenoxy) is 1. The zero-order chi connectivity index (χ0) is 25.1. The first-order valence-corrected chi connectivity index (χ1v) is 11.6. The molecule has 34 heavy (non-hydrogen) atoms. The van der Waals surface area contributed by atoms with Crippen molar-refractivity contribution in [3.8, 4) is 5.75 Å². The average molecular weight is 493 g/mol. The molecule has 3 aromatic rings. The number of halogens is 3. The van der Waals surface area contributed by atoms with Gasteiger partial charge in [0, 0.05) is 7.05 Å². The summed E-state index contributed by atoms with van der Waals surface area (Å²) in [4.78, 5) is 12.5. The van der Waals surface area contributed by atoms with Crippen molar-refractivity contribution in [2.75, 3.05) is 16.7 Å². The number of carbonyl (C=O) groups is 1. The molecule has 0 aromatic heterocycles. The second-order valence-corrected chi connectivity index (χ2v) is 9.54. The zero-order valence-corrected chi connectivity index (χ0v) is 19.4. The van der Waals surface area contributed by atoms with Gasteiger partial charge in [-0.3, -0.25) is 9.10 Å². The maximum atomic E-state index is 13.1. The molecule has 0 heterocycles. The van der Waals surface area contributed by atoms with Gasteiger partial charge in [0.2, 0.25) is 0 Å². The lowest BCUT2D eigenvalue weighted by molar-refractivity contribution is -0.137. The molecule has 0 aliphatic carbocycles. The molecule has 0 radical (unpaired) electrons. The van der Waals surface area contributed by atoms with Gasteiger partial charge in [-0.1, -0.05) is 29.8 Å². The molecular formula is C24H23F3N2O4S. The summed E-state index contributed by atoms with van der Waals surface area (Å²) in [5.74, 6) is -0.517. The maximum Gasteiger partial charge on any atom is 0.418 e. The van der Waals surface area contributed by atoms with Gasteiger partial charge in [-0.2, -0.15) is 13.2 Å². The molecule has 1 N–H and O–H groups in total. The number of nitrogens with zero attached hydrogens (tertiary/aromatic N) is 1. The Kier molecular flexibility index (Phi) is 7.21. The van der Waals surface area contributed by atoms with Crippen LogP contribution >= 0.6 is 0 Å². The molecule has 1 unspecified atom stereocenters. The zero-order valence-electron chi connectivity index (χ0n) is 18.6. The van der Waals surface area contributed by atoms with Crippen molar-refractivity contribution in [3.05, 3.63) is 83.9 Å². The van der Waals surface area contributed by atoms with Crippen LogP contribution in [0.4, 0.5) is 24.5 Å². The fourth-order valence-electron chi connectivity index (χ4n) is 3.07. The van der Waals surface area contributed by atoms with E-state index < -0.39 is 33.8 Å². The molecule has 0 spiro atoms. The Morgan fingerprint density at radius 1 is 0.971 bits per heavy atom. The number of alkyl halides is 3. The second kappa shape index (κ2) is 9.76. The molecule has 6 nitrogen and oxygen atoms in total. The molecule has 0 aliphatic heterocycles. The highest BCUT2D eigenvalue weighted by Crippen LogP contribution is 2.34. The Labute approximate surface area is 196 Å². The molecular weight excluding hydrogens is 469 g/mol. The Morgan fingerprint density at radius 3 is 2.15 bits per heavy atom. The molecule has 180 valence electrons. The number of para-hydroxylation sites is 1. The topological polar surface area (TPSA) is 75.7 Å². The first kappa shape index (κ1) is 25.1. The fourth-order valence-corrected chi connectivity index (χ4v) is 4.27. The van der Waals surface area contributed by atoms with Gasteiger partial charge in [0.15, 0.2) is 6.10 Å². The molecule has 0 bridgehead atoms. The standard InChI is InChI=1S/C24H23F3N2O4S/c1-16-8-14-20(15-9-16)34(31,32)29(3)18-10-12-19(13-11-18)33-17(2)23(30)28-22-7-5-4-6-21(22)24(25,26)27/h4-15,17H,1-3H3,(H,28,30). The number of rotatable bonds is 7. The highest BCUT2D eigenvalue weighted by atomic mass is 32.2. The number of hydrogen-bond acceptors (Lipinski definition) is 4. The third-order valence-corrected chi connectivity index (χ3v) is 6.85. The van der Waals surface area contributed by atoms with Crippen LogP contribution in [0.2, 0.25) is 0 Å². The van der Waals surface area contributed by atoms with Crippen LogP contribution in [0.1, 0.15) is 18.1 Å². The van der Waals surface area contributed by atoms with Crippen LogP contribution in [-0.2, 0) is 21.0 Å². The van der Waals surface area contributed by atoms with E-state index in [1.165, 1.54) is 62.5 Å². The van der Waals surface area contributed by atoms with Crippen molar-refractivity contribution >= 4 is 27.3 Å². The predicted molar refractivity (Wildman–Crippen MR) is 123 cm³/mol. The van der Waals surface area contributed by atoms with Crippen molar-refractivity contribution in [3.63, 3.8) is 0 Å². The number of anilines is 2. The number of sulfonamides is 1. The number of hydrogen-bond donors (Lipinski definition) is 1. The summed E-state index contributed by atoms with van der Waals surface area (Å²) >= 11 is 0. The largest absolute Gasteiger partial charge is 0.481 e. The van der Waals surface area contributed by atoms with Crippen molar-refractivity contribution < 1.29 is 31.1 Å². The first-order chi connectivity index (χ1) is 15.9. The molecule has 1 amide bonds. The van der Waals surface area contributed by atoms with Crippen molar-refractivity contribution in [1.29, 1.82) is 0 Å². The lowest BCUT2D eigenvalue weighted by Crippen LogP contribution is -2.31. The maximum absolute atomic E-state index is 13.1. The second-order valence-electron chi connectivity index (χ2n) is 7.57. The third kappa shape index (κ3) is 5.69. The van der Waals surface area contributed by atoms with Gasteiger partial charge in [0.05, 0.1) is 21.8 Å². The lowest BCUT2D eigenvalue weighted by atomic mass is 10.1. The van der Waals surface area contributed by atoms with Gasteiger partial charge in [-0.15, -0.1) is 0 Å². The molecule has 0 aliphatic rings. The summed E-state index contributed by atoms with van der Waals surface area (Å²) in [6, 6.07) is 17.1. The van der Waals surface area contributed by atoms with E-state index in [0.717, 1.165) is 22.0 Å². The van der Waals surface area contributed by atoms with E-state index in [1.807, 2.05) is 6.92 Å². The van der Waals surface area contributed by atoms with Crippen LogP contribution in [0.5, 0.6) is 5.75 Å². The minimum Gasteiger partial charge on any atom is -0.481 e. The summed E-state index contributed by atoms with van der Waals surface area (Å²) in [6.45, 7) is 3.25. The van der Waals surface area contributed by atoms with Crippen LogP contribution < -0.4 is 14.4 Å². The number of nitrogens with one attached hydrogen (secondary N) is 1. The Balaban J connectivity index is 1.69. The monoisotopic (exact) mass is 492 g/mol. The predicted octanol–water partition coefficient (Wildman–Crippen LogP) is 5.24. The van der Waals surface area contributed by atoms with Crippen LogP contribution in [0, 0.1) is 6.92 Å². The quantitative estimate of drug-likeness (QED) is 0.489. The number of benzene rings is 3. The van der Waals surface area contributed by atoms with Gasteiger partial charge in [0.1, 0.15) is 5.75 Å². The number of amides is 1. The van der Waals surface area contributed by atoms with Gasteiger partial charge in [-0.25, -0.2) is 8.42 Å². The van der Waals surface area contributed by atoms with Gasteiger partial charge >= 0.3 is 6.18 Å². The molecule has 3 rings (SSSR count). The first-order valence-electron chi connectivity index (χ1n) is 10.2. The molecule has 0 saturated heterocycles. The van der Waals surface area contributed by atoms with E-state index in [4.69, 9.17) is 4.74 Å². The summed E-state index contributed by atoms with van der Waals surface area (Å²) < 4.78 is 71.7. The van der Waals surface area contributed by atoms with Crippen LogP contribution in [0.15, 0.2) is 77.7 Å². The van der Waals surface area contributed by atoms with Crippen LogP contribution in [-0.4, -0.2) is 27.5 Å². The normalized spacial score (nSPS) is 12.6. The highest BCUT2D eigenvalue weighted by Gasteiger charge is 2.34. The summed E-state index contributed by atoms with van der Waals surface area (Å²) in [6.07, 6.45) is -5.73. The molecule has 0 saturated carbocycles. The van der Waals surface area contributed by atoms with Crippen molar-refractivity contribution in [1.82, 2.24) is 0 Å². The fraction of sp³-hybridized carbons (Fsp3) is 0.208. The van der Waals surface area contributed by atoms with E-state index in [0.29, 0.717) is 5.69 Å². The molecule has 3 aromatic carbocycles. The third-order valence-electron chi connectivity index (χ3n) is 5.05. The average Bonchev–Trinajstić information content (AvgIpc) is 2.79. The minimum absolute atomic E-state index is 0.144. The van der Waals surface area contributed by atoms with Crippen LogP contribution in [0.3, 0.4) is 0 Å². The summed E-state index contributed by atoms with van der Waals surface area (Å²) in [7, 11) is -2.36. The van der Waals surface area contributed by atoms with E-state index in [2.05, 4.69) is 5.32 Å². The Hall–Kier alpha value is -3.53. The highest BCUT2D eigenvalue weighted by molar-refractivity contribution is 7.92. The SMILES string of the molecule is Cc1ccc(S(=O)(=O)N(C)c2ccc(OC(C)C(=O)Nc3ccccc3C(F)(F)F)cc2)cc1.